The molecule has 128 valence electrons. The largest absolute Gasteiger partial charge is 0.357 e. The number of likely N-dealkylation sites (tertiary alicyclic amines) is 1. The number of rotatable bonds is 4. The second kappa shape index (κ2) is 7.97. The smallest absolute Gasteiger partial charge is 0.228 e. The van der Waals surface area contributed by atoms with Gasteiger partial charge in [0.15, 0.2) is 0 Å². The molecule has 1 saturated carbocycles. The number of carbonyl (C=O) groups excluding carboxylic acids is 1. The van der Waals surface area contributed by atoms with Crippen LogP contribution in [0.25, 0.3) is 0 Å². The van der Waals surface area contributed by atoms with E-state index in [1.165, 1.54) is 6.42 Å². The lowest BCUT2D eigenvalue weighted by Crippen LogP contribution is -2.42. The molecule has 0 spiro atoms. The summed E-state index contributed by atoms with van der Waals surface area (Å²) in [6.07, 6.45) is 5.52. The lowest BCUT2D eigenvalue weighted by atomic mass is 9.85. The molecular formula is C17H27ClN4O. The highest BCUT2D eigenvalue weighted by Crippen LogP contribution is 2.28. The van der Waals surface area contributed by atoms with Gasteiger partial charge in [-0.2, -0.15) is 0 Å². The lowest BCUT2D eigenvalue weighted by molar-refractivity contribution is -0.122. The molecule has 23 heavy (non-hydrogen) atoms. The van der Waals surface area contributed by atoms with Gasteiger partial charge in [-0.3, -0.25) is 4.79 Å². The summed E-state index contributed by atoms with van der Waals surface area (Å²) in [6, 6.07) is 6.41. The molecule has 0 atom stereocenters. The predicted octanol–water partition coefficient (Wildman–Crippen LogP) is 2.77. The van der Waals surface area contributed by atoms with Gasteiger partial charge in [0, 0.05) is 19.0 Å². The average Bonchev–Trinajstić information content (AvgIpc) is 2.45. The van der Waals surface area contributed by atoms with E-state index < -0.39 is 0 Å². The van der Waals surface area contributed by atoms with Gasteiger partial charge in [0.05, 0.1) is 0 Å². The first-order valence-electron chi connectivity index (χ1n) is 8.33. The molecule has 0 aromatic carbocycles. The highest BCUT2D eigenvalue weighted by atomic mass is 35.5. The third kappa shape index (κ3) is 4.36. The van der Waals surface area contributed by atoms with E-state index in [-0.39, 0.29) is 24.2 Å². The summed E-state index contributed by atoms with van der Waals surface area (Å²) in [6.45, 7) is 2.26. The first-order valence-corrected chi connectivity index (χ1v) is 8.33. The second-order valence-corrected chi connectivity index (χ2v) is 6.64. The molecule has 0 radical (unpaired) electrons. The zero-order chi connectivity index (χ0) is 15.5. The third-order valence-electron chi connectivity index (χ3n) is 5.06. The second-order valence-electron chi connectivity index (χ2n) is 6.64. The zero-order valence-corrected chi connectivity index (χ0v) is 14.8. The van der Waals surface area contributed by atoms with Gasteiger partial charge in [-0.05, 0) is 58.0 Å². The fraction of sp³-hybridized carbons (Fsp3) is 0.647. The Kier molecular flexibility index (Phi) is 6.25. The maximum absolute atomic E-state index is 12.0. The molecule has 6 heteroatoms. The summed E-state index contributed by atoms with van der Waals surface area (Å²) in [4.78, 5) is 21.3. The van der Waals surface area contributed by atoms with Crippen LogP contribution in [-0.2, 0) is 4.79 Å². The first-order chi connectivity index (χ1) is 10.6. The van der Waals surface area contributed by atoms with Gasteiger partial charge in [0.2, 0.25) is 5.91 Å². The van der Waals surface area contributed by atoms with E-state index in [1.807, 2.05) is 18.2 Å². The predicted molar refractivity (Wildman–Crippen MR) is 96.4 cm³/mol. The first kappa shape index (κ1) is 18.0. The molecule has 1 aromatic heterocycles. The van der Waals surface area contributed by atoms with Crippen LogP contribution in [0.2, 0.25) is 0 Å². The molecule has 2 aliphatic rings. The topological polar surface area (TPSA) is 48.5 Å². The van der Waals surface area contributed by atoms with Crippen LogP contribution in [0.1, 0.15) is 32.1 Å². The minimum atomic E-state index is 0. The Morgan fingerprint density at radius 1 is 1.26 bits per heavy atom. The number of piperidine rings is 1. The number of pyridine rings is 1. The van der Waals surface area contributed by atoms with Crippen molar-refractivity contribution in [2.45, 2.75) is 38.1 Å². The molecule has 5 nitrogen and oxygen atoms in total. The van der Waals surface area contributed by atoms with Gasteiger partial charge in [0.25, 0.3) is 0 Å². The number of aromatic nitrogens is 1. The van der Waals surface area contributed by atoms with Crippen molar-refractivity contribution in [2.24, 2.45) is 5.92 Å². The van der Waals surface area contributed by atoms with Gasteiger partial charge in [-0.25, -0.2) is 4.98 Å². The maximum atomic E-state index is 12.0. The Labute approximate surface area is 144 Å². The number of amides is 1. The van der Waals surface area contributed by atoms with E-state index in [0.29, 0.717) is 11.9 Å². The maximum Gasteiger partial charge on any atom is 0.228 e. The SMILES string of the molecule is CN1CCC(N(C)c2cccc(NC(=O)C3CCC3)n2)CC1.Cl. The Balaban J connectivity index is 0.00000192. The van der Waals surface area contributed by atoms with E-state index in [4.69, 9.17) is 0 Å². The Hall–Kier alpha value is -1.33. The molecule has 1 saturated heterocycles. The molecule has 0 bridgehead atoms. The number of anilines is 2. The van der Waals surface area contributed by atoms with E-state index in [1.54, 1.807) is 0 Å². The average molecular weight is 339 g/mol. The van der Waals surface area contributed by atoms with Gasteiger partial charge in [-0.15, -0.1) is 12.4 Å². The van der Waals surface area contributed by atoms with Crippen LogP contribution in [0.3, 0.4) is 0 Å². The summed E-state index contributed by atoms with van der Waals surface area (Å²) in [5, 5.41) is 2.96. The quantitative estimate of drug-likeness (QED) is 0.917. The van der Waals surface area contributed by atoms with Crippen molar-refractivity contribution >= 4 is 29.9 Å². The summed E-state index contributed by atoms with van der Waals surface area (Å²) in [5.74, 6) is 1.94. The van der Waals surface area contributed by atoms with Crippen molar-refractivity contribution in [1.29, 1.82) is 0 Å². The molecule has 0 unspecified atom stereocenters. The molecule has 1 N–H and O–H groups in total. The van der Waals surface area contributed by atoms with Crippen molar-refractivity contribution in [3.8, 4) is 0 Å². The van der Waals surface area contributed by atoms with Gasteiger partial charge >= 0.3 is 0 Å². The van der Waals surface area contributed by atoms with Crippen molar-refractivity contribution < 1.29 is 4.79 Å². The van der Waals surface area contributed by atoms with Gasteiger partial charge < -0.3 is 15.1 Å². The summed E-state index contributed by atoms with van der Waals surface area (Å²) < 4.78 is 0. The Bertz CT molecular complexity index is 527. The van der Waals surface area contributed by atoms with Crippen LogP contribution < -0.4 is 10.2 Å². The minimum absolute atomic E-state index is 0. The Morgan fingerprint density at radius 2 is 1.96 bits per heavy atom. The third-order valence-corrected chi connectivity index (χ3v) is 5.06. The summed E-state index contributed by atoms with van der Waals surface area (Å²) in [5.41, 5.74) is 0. The van der Waals surface area contributed by atoms with Crippen LogP contribution in [0.5, 0.6) is 0 Å². The van der Waals surface area contributed by atoms with Crippen LogP contribution in [-0.4, -0.2) is 49.0 Å². The standard InChI is InChI=1S/C17H26N4O.ClH/c1-20-11-9-14(10-12-20)21(2)16-8-4-7-15(18-16)19-17(22)13-5-3-6-13;/h4,7-8,13-14H,3,5-6,9-12H2,1-2H3,(H,18,19,22);1H. The molecule has 1 aromatic rings. The van der Waals surface area contributed by atoms with Crippen molar-refractivity contribution in [1.82, 2.24) is 9.88 Å². The molecule has 1 aliphatic carbocycles. The summed E-state index contributed by atoms with van der Waals surface area (Å²) >= 11 is 0. The molecule has 3 rings (SSSR count). The molecular weight excluding hydrogens is 312 g/mol. The van der Waals surface area contributed by atoms with Crippen molar-refractivity contribution in [3.63, 3.8) is 0 Å². The summed E-state index contributed by atoms with van der Waals surface area (Å²) in [7, 11) is 4.28. The number of nitrogens with zero attached hydrogens (tertiary/aromatic N) is 3. The Morgan fingerprint density at radius 3 is 2.57 bits per heavy atom. The monoisotopic (exact) mass is 338 g/mol. The van der Waals surface area contributed by atoms with Crippen LogP contribution in [0, 0.1) is 5.92 Å². The number of halogens is 1. The highest BCUT2D eigenvalue weighted by Gasteiger charge is 2.26. The van der Waals surface area contributed by atoms with Crippen molar-refractivity contribution in [2.75, 3.05) is 37.4 Å². The van der Waals surface area contributed by atoms with E-state index in [2.05, 4.69) is 34.2 Å². The van der Waals surface area contributed by atoms with Gasteiger partial charge in [-0.1, -0.05) is 12.5 Å². The van der Waals surface area contributed by atoms with Crippen molar-refractivity contribution in [3.05, 3.63) is 18.2 Å². The molecule has 2 fully saturated rings. The molecule has 1 aliphatic heterocycles. The zero-order valence-electron chi connectivity index (χ0n) is 14.0. The normalized spacial score (nSPS) is 19.6. The lowest BCUT2D eigenvalue weighted by Gasteiger charge is -2.35. The fourth-order valence-corrected chi connectivity index (χ4v) is 3.16. The molecule has 2 heterocycles. The van der Waals surface area contributed by atoms with Crippen LogP contribution >= 0.6 is 12.4 Å². The van der Waals surface area contributed by atoms with Crippen LogP contribution in [0.15, 0.2) is 18.2 Å². The van der Waals surface area contributed by atoms with Crippen LogP contribution in [0.4, 0.5) is 11.6 Å². The number of hydrogen-bond acceptors (Lipinski definition) is 4. The van der Waals surface area contributed by atoms with E-state index in [9.17, 15) is 4.79 Å². The van der Waals surface area contributed by atoms with E-state index in [0.717, 1.165) is 44.6 Å². The highest BCUT2D eigenvalue weighted by molar-refractivity contribution is 5.92. The number of nitrogens with one attached hydrogen (secondary N) is 1. The van der Waals surface area contributed by atoms with Gasteiger partial charge in [0.1, 0.15) is 11.6 Å². The fourth-order valence-electron chi connectivity index (χ4n) is 3.16. The number of hydrogen-bond donors (Lipinski definition) is 1. The number of carbonyl (C=O) groups is 1. The molecule has 1 amide bonds. The van der Waals surface area contributed by atoms with E-state index >= 15 is 0 Å². The minimum Gasteiger partial charge on any atom is -0.357 e.